The number of carbonyl (C=O) groups is 1. The van der Waals surface area contributed by atoms with E-state index >= 15 is 0 Å². The van der Waals surface area contributed by atoms with Crippen LogP contribution in [0, 0.1) is 10.1 Å². The van der Waals surface area contributed by atoms with Gasteiger partial charge in [-0.3, -0.25) is 14.9 Å². The summed E-state index contributed by atoms with van der Waals surface area (Å²) in [6, 6.07) is 10.6. The highest BCUT2D eigenvalue weighted by Crippen LogP contribution is 2.25. The molecule has 0 fully saturated rings. The Bertz CT molecular complexity index is 722. The number of benzene rings is 2. The van der Waals surface area contributed by atoms with Gasteiger partial charge in [-0.25, -0.2) is 0 Å². The number of hydrogen-bond acceptors (Lipinski definition) is 4. The third kappa shape index (κ3) is 4.34. The summed E-state index contributed by atoms with van der Waals surface area (Å²) < 4.78 is 0. The molecule has 0 spiro atoms. The summed E-state index contributed by atoms with van der Waals surface area (Å²) in [4.78, 5) is 22.0. The van der Waals surface area contributed by atoms with Gasteiger partial charge in [0.25, 0.3) is 5.69 Å². The number of amides is 1. The lowest BCUT2D eigenvalue weighted by atomic mass is 10.3. The van der Waals surface area contributed by atoms with Gasteiger partial charge >= 0.3 is 0 Å². The van der Waals surface area contributed by atoms with Crippen molar-refractivity contribution in [2.24, 2.45) is 0 Å². The first-order chi connectivity index (χ1) is 10.5. The first kappa shape index (κ1) is 16.1. The van der Waals surface area contributed by atoms with Gasteiger partial charge in [0.15, 0.2) is 0 Å². The van der Waals surface area contributed by atoms with Crippen molar-refractivity contribution >= 4 is 46.2 Å². The summed E-state index contributed by atoms with van der Waals surface area (Å²) in [5, 5.41) is 16.9. The minimum absolute atomic E-state index is 0.0403. The van der Waals surface area contributed by atoms with E-state index in [-0.39, 0.29) is 18.1 Å². The molecule has 0 aromatic heterocycles. The Labute approximate surface area is 136 Å². The highest BCUT2D eigenvalue weighted by atomic mass is 35.5. The van der Waals surface area contributed by atoms with Crippen LogP contribution in [0.2, 0.25) is 10.0 Å². The number of nitro groups is 1. The summed E-state index contributed by atoms with van der Waals surface area (Å²) in [5.74, 6) is -0.315. The molecule has 0 saturated heterocycles. The van der Waals surface area contributed by atoms with Gasteiger partial charge in [0, 0.05) is 23.5 Å². The number of carbonyl (C=O) groups excluding carboxylic acids is 1. The topological polar surface area (TPSA) is 84.3 Å². The maximum atomic E-state index is 11.8. The van der Waals surface area contributed by atoms with Crippen molar-refractivity contribution in [1.82, 2.24) is 0 Å². The van der Waals surface area contributed by atoms with Crippen LogP contribution in [0.25, 0.3) is 0 Å². The number of rotatable bonds is 5. The molecule has 2 aromatic carbocycles. The van der Waals surface area contributed by atoms with Gasteiger partial charge in [-0.2, -0.15) is 0 Å². The van der Waals surface area contributed by atoms with Crippen molar-refractivity contribution in [2.75, 3.05) is 17.2 Å². The number of hydrogen-bond donors (Lipinski definition) is 2. The lowest BCUT2D eigenvalue weighted by Crippen LogP contribution is -2.21. The molecule has 22 heavy (non-hydrogen) atoms. The quantitative estimate of drug-likeness (QED) is 0.637. The van der Waals surface area contributed by atoms with Gasteiger partial charge in [-0.15, -0.1) is 0 Å². The molecule has 2 N–H and O–H groups in total. The third-order valence-electron chi connectivity index (χ3n) is 2.71. The number of anilines is 2. The number of nitrogens with zero attached hydrogens (tertiary/aromatic N) is 1. The van der Waals surface area contributed by atoms with Crippen LogP contribution in [-0.2, 0) is 4.79 Å². The second-order valence-corrected chi connectivity index (χ2v) is 5.15. The first-order valence-corrected chi connectivity index (χ1v) is 6.94. The molecule has 0 bridgehead atoms. The molecular formula is C14H11Cl2N3O3. The van der Waals surface area contributed by atoms with Crippen molar-refractivity contribution in [1.29, 1.82) is 0 Å². The SMILES string of the molecule is O=C(CNc1cccc([N+](=O)[O-])c1)Nc1ccc(Cl)c(Cl)c1. The highest BCUT2D eigenvalue weighted by Gasteiger charge is 2.07. The molecule has 6 nitrogen and oxygen atoms in total. The average molecular weight is 340 g/mol. The van der Waals surface area contributed by atoms with Gasteiger partial charge in [-0.05, 0) is 24.3 Å². The Kier molecular flexibility index (Phi) is 5.19. The van der Waals surface area contributed by atoms with Crippen LogP contribution >= 0.6 is 23.2 Å². The van der Waals surface area contributed by atoms with E-state index in [1.54, 1.807) is 18.2 Å². The predicted molar refractivity (Wildman–Crippen MR) is 86.7 cm³/mol. The van der Waals surface area contributed by atoms with Crippen LogP contribution in [0.3, 0.4) is 0 Å². The molecule has 0 radical (unpaired) electrons. The zero-order chi connectivity index (χ0) is 16.1. The molecule has 0 aliphatic heterocycles. The Morgan fingerprint density at radius 3 is 2.55 bits per heavy atom. The van der Waals surface area contributed by atoms with Gasteiger partial charge in [-0.1, -0.05) is 29.3 Å². The first-order valence-electron chi connectivity index (χ1n) is 6.19. The van der Waals surface area contributed by atoms with Crippen LogP contribution in [0.4, 0.5) is 17.1 Å². The van der Waals surface area contributed by atoms with E-state index < -0.39 is 4.92 Å². The standard InChI is InChI=1S/C14H11Cl2N3O3/c15-12-5-4-10(7-13(12)16)18-14(20)8-17-9-2-1-3-11(6-9)19(21)22/h1-7,17H,8H2,(H,18,20). The number of halogens is 2. The predicted octanol–water partition coefficient (Wildman–Crippen LogP) is 3.95. The van der Waals surface area contributed by atoms with E-state index in [1.165, 1.54) is 24.3 Å². The Hall–Kier alpha value is -2.31. The lowest BCUT2D eigenvalue weighted by Gasteiger charge is -2.08. The maximum absolute atomic E-state index is 11.8. The molecule has 1 amide bonds. The molecule has 2 rings (SSSR count). The van der Waals surface area contributed by atoms with Crippen LogP contribution in [0.5, 0.6) is 0 Å². The average Bonchev–Trinajstić information content (AvgIpc) is 2.49. The summed E-state index contributed by atoms with van der Waals surface area (Å²) in [6.07, 6.45) is 0. The van der Waals surface area contributed by atoms with Crippen LogP contribution in [0.15, 0.2) is 42.5 Å². The third-order valence-corrected chi connectivity index (χ3v) is 3.45. The largest absolute Gasteiger partial charge is 0.376 e. The van der Waals surface area contributed by atoms with Crippen molar-refractivity contribution in [3.63, 3.8) is 0 Å². The fourth-order valence-corrected chi connectivity index (χ4v) is 1.99. The fourth-order valence-electron chi connectivity index (χ4n) is 1.69. The molecule has 0 saturated carbocycles. The second kappa shape index (κ2) is 7.11. The van der Waals surface area contributed by atoms with Crippen molar-refractivity contribution in [3.05, 3.63) is 62.6 Å². The second-order valence-electron chi connectivity index (χ2n) is 4.34. The maximum Gasteiger partial charge on any atom is 0.271 e. The molecule has 0 heterocycles. The smallest absolute Gasteiger partial charge is 0.271 e. The Morgan fingerprint density at radius 2 is 1.86 bits per heavy atom. The van der Waals surface area contributed by atoms with E-state index in [1.807, 2.05) is 0 Å². The minimum atomic E-state index is -0.499. The number of nitrogens with one attached hydrogen (secondary N) is 2. The Morgan fingerprint density at radius 1 is 1.09 bits per heavy atom. The van der Waals surface area contributed by atoms with E-state index in [4.69, 9.17) is 23.2 Å². The molecule has 0 aliphatic rings. The summed E-state index contributed by atoms with van der Waals surface area (Å²) in [6.45, 7) is -0.0403. The van der Waals surface area contributed by atoms with Crippen molar-refractivity contribution < 1.29 is 9.72 Å². The van der Waals surface area contributed by atoms with Crippen molar-refractivity contribution in [3.8, 4) is 0 Å². The molecular weight excluding hydrogens is 329 g/mol. The molecule has 114 valence electrons. The van der Waals surface area contributed by atoms with Crippen molar-refractivity contribution in [2.45, 2.75) is 0 Å². The summed E-state index contributed by atoms with van der Waals surface area (Å²) >= 11 is 11.6. The lowest BCUT2D eigenvalue weighted by molar-refractivity contribution is -0.384. The van der Waals surface area contributed by atoms with Gasteiger partial charge in [0.2, 0.25) is 5.91 Å². The fraction of sp³-hybridized carbons (Fsp3) is 0.0714. The monoisotopic (exact) mass is 339 g/mol. The molecule has 8 heteroatoms. The van der Waals surface area contributed by atoms with E-state index in [2.05, 4.69) is 10.6 Å². The summed E-state index contributed by atoms with van der Waals surface area (Å²) in [5.41, 5.74) is 0.952. The molecule has 0 unspecified atom stereocenters. The van der Waals surface area contributed by atoms with E-state index in [9.17, 15) is 14.9 Å². The van der Waals surface area contributed by atoms with E-state index in [0.717, 1.165) is 0 Å². The number of non-ortho nitro benzene ring substituents is 1. The molecule has 0 aliphatic carbocycles. The number of nitro benzene ring substituents is 1. The van der Waals surface area contributed by atoms with Crippen LogP contribution in [0.1, 0.15) is 0 Å². The minimum Gasteiger partial charge on any atom is -0.376 e. The van der Waals surface area contributed by atoms with Crippen LogP contribution < -0.4 is 10.6 Å². The zero-order valence-electron chi connectivity index (χ0n) is 11.2. The summed E-state index contributed by atoms with van der Waals surface area (Å²) in [7, 11) is 0. The Balaban J connectivity index is 1.94. The van der Waals surface area contributed by atoms with E-state index in [0.29, 0.717) is 21.4 Å². The normalized spacial score (nSPS) is 10.1. The van der Waals surface area contributed by atoms with Crippen LogP contribution in [-0.4, -0.2) is 17.4 Å². The zero-order valence-corrected chi connectivity index (χ0v) is 12.7. The highest BCUT2D eigenvalue weighted by molar-refractivity contribution is 6.42. The van der Waals surface area contributed by atoms with Gasteiger partial charge in [0.05, 0.1) is 21.5 Å². The molecule has 0 atom stereocenters. The van der Waals surface area contributed by atoms with Gasteiger partial charge < -0.3 is 10.6 Å². The molecule has 2 aromatic rings. The van der Waals surface area contributed by atoms with Gasteiger partial charge in [0.1, 0.15) is 0 Å².